The summed E-state index contributed by atoms with van der Waals surface area (Å²) in [4.78, 5) is 31.2. The quantitative estimate of drug-likeness (QED) is 0.285. The van der Waals surface area contributed by atoms with Gasteiger partial charge in [-0.3, -0.25) is 9.59 Å². The highest BCUT2D eigenvalue weighted by Crippen LogP contribution is 2.33. The van der Waals surface area contributed by atoms with Crippen LogP contribution in [0.15, 0.2) is 24.3 Å². The smallest absolute Gasteiger partial charge is 0.267 e. The number of likely N-dealkylation sites (tertiary alicyclic amines) is 1. The Hall–Kier alpha value is -2.02. The molecule has 1 aromatic heterocycles. The first-order valence-electron chi connectivity index (χ1n) is 15.9. The Morgan fingerprint density at radius 1 is 0.976 bits per heavy atom. The number of carbonyl (C=O) groups excluding carboxylic acids is 2. The van der Waals surface area contributed by atoms with E-state index in [9.17, 15) is 9.59 Å². The molecule has 2 aliphatic heterocycles. The van der Waals surface area contributed by atoms with Crippen molar-refractivity contribution in [2.45, 2.75) is 108 Å². The van der Waals surface area contributed by atoms with E-state index in [1.807, 2.05) is 4.90 Å². The van der Waals surface area contributed by atoms with Crippen LogP contribution in [-0.2, 0) is 13.0 Å². The number of rotatable bonds is 7. The zero-order chi connectivity index (χ0) is 28.7. The normalized spacial score (nSPS) is 20.0. The highest BCUT2D eigenvalue weighted by molar-refractivity contribution is 6.43. The first kappa shape index (κ1) is 30.4. The highest BCUT2D eigenvalue weighted by atomic mass is 35.5. The third-order valence-electron chi connectivity index (χ3n) is 9.62. The maximum Gasteiger partial charge on any atom is 0.267 e. The van der Waals surface area contributed by atoms with Gasteiger partial charge in [0, 0.05) is 43.8 Å². The molecule has 1 spiro atoms. The van der Waals surface area contributed by atoms with E-state index in [-0.39, 0.29) is 17.4 Å². The van der Waals surface area contributed by atoms with Crippen LogP contribution in [0.5, 0.6) is 0 Å². The topological polar surface area (TPSA) is 77.2 Å². The zero-order valence-corrected chi connectivity index (χ0v) is 25.9. The lowest BCUT2D eigenvalue weighted by molar-refractivity contribution is 0.0686. The average Bonchev–Trinajstić information content (AvgIpc) is 3.41. The van der Waals surface area contributed by atoms with Gasteiger partial charge in [-0.1, -0.05) is 87.1 Å². The standard InChI is InChI=1S/C33H46Cl2N4O2/c34-27-13-10-12-26(30(27)35)32(41)39-19-14-24(15-20-39)11-6-9-18-36-31(40)28-21-25-23-37-33(22-29(25)38-28)16-7-4-2-1-3-5-8-17-33/h10,12-13,21,24,37-38H,1-9,11,14-20,22-23H2,(H,36,40). The number of nitrogens with zero attached hydrogens (tertiary/aromatic N) is 1. The molecule has 3 heterocycles. The Morgan fingerprint density at radius 3 is 2.41 bits per heavy atom. The molecule has 2 fully saturated rings. The summed E-state index contributed by atoms with van der Waals surface area (Å²) < 4.78 is 0. The molecule has 1 aromatic carbocycles. The number of piperidine rings is 1. The molecular weight excluding hydrogens is 555 g/mol. The van der Waals surface area contributed by atoms with Crippen LogP contribution in [0.3, 0.4) is 0 Å². The number of H-pyrrole nitrogens is 1. The predicted molar refractivity (Wildman–Crippen MR) is 167 cm³/mol. The molecule has 0 unspecified atom stereocenters. The van der Waals surface area contributed by atoms with Crippen molar-refractivity contribution in [2.75, 3.05) is 19.6 Å². The summed E-state index contributed by atoms with van der Waals surface area (Å²) in [5.41, 5.74) is 3.88. The summed E-state index contributed by atoms with van der Waals surface area (Å²) in [6, 6.07) is 7.27. The van der Waals surface area contributed by atoms with Gasteiger partial charge in [0.15, 0.2) is 0 Å². The average molecular weight is 602 g/mol. The molecule has 5 rings (SSSR count). The molecule has 0 bridgehead atoms. The Labute approximate surface area is 255 Å². The molecule has 2 aromatic rings. The second kappa shape index (κ2) is 14.4. The van der Waals surface area contributed by atoms with Gasteiger partial charge in [0.1, 0.15) is 5.69 Å². The van der Waals surface area contributed by atoms with E-state index in [0.29, 0.717) is 33.8 Å². The van der Waals surface area contributed by atoms with E-state index >= 15 is 0 Å². The van der Waals surface area contributed by atoms with Crippen LogP contribution >= 0.6 is 23.2 Å². The third kappa shape index (κ3) is 7.88. The Bertz CT molecular complexity index is 1180. The van der Waals surface area contributed by atoms with Gasteiger partial charge in [0.2, 0.25) is 0 Å². The number of fused-ring (bicyclic) bond motifs is 1. The van der Waals surface area contributed by atoms with Gasteiger partial charge in [0.25, 0.3) is 11.8 Å². The van der Waals surface area contributed by atoms with Gasteiger partial charge in [-0.15, -0.1) is 0 Å². The van der Waals surface area contributed by atoms with E-state index in [2.05, 4.69) is 21.7 Å². The van der Waals surface area contributed by atoms with E-state index in [4.69, 9.17) is 23.2 Å². The van der Waals surface area contributed by atoms with Crippen molar-refractivity contribution in [3.63, 3.8) is 0 Å². The fraction of sp³-hybridized carbons (Fsp3) is 0.636. The molecule has 3 aliphatic rings. The molecule has 8 heteroatoms. The Balaban J connectivity index is 1.01. The number of amides is 2. The number of aromatic amines is 1. The van der Waals surface area contributed by atoms with Gasteiger partial charge in [0.05, 0.1) is 15.6 Å². The summed E-state index contributed by atoms with van der Waals surface area (Å²) in [6.45, 7) is 3.04. The summed E-state index contributed by atoms with van der Waals surface area (Å²) in [7, 11) is 0. The number of unbranched alkanes of at least 4 members (excludes halogenated alkanes) is 1. The van der Waals surface area contributed by atoms with Crippen molar-refractivity contribution >= 4 is 35.0 Å². The lowest BCUT2D eigenvalue weighted by atomic mass is 9.79. The van der Waals surface area contributed by atoms with Crippen molar-refractivity contribution in [2.24, 2.45) is 5.92 Å². The van der Waals surface area contributed by atoms with Gasteiger partial charge < -0.3 is 20.5 Å². The number of halogens is 2. The summed E-state index contributed by atoms with van der Waals surface area (Å²) in [5, 5.41) is 7.77. The van der Waals surface area contributed by atoms with Crippen LogP contribution in [0.4, 0.5) is 0 Å². The van der Waals surface area contributed by atoms with Crippen LogP contribution < -0.4 is 10.6 Å². The van der Waals surface area contributed by atoms with Crippen LogP contribution in [0.25, 0.3) is 0 Å². The van der Waals surface area contributed by atoms with E-state index in [1.54, 1.807) is 18.2 Å². The van der Waals surface area contributed by atoms with Crippen molar-refractivity contribution in [1.29, 1.82) is 0 Å². The van der Waals surface area contributed by atoms with Crippen molar-refractivity contribution in [1.82, 2.24) is 20.5 Å². The number of benzene rings is 1. The van der Waals surface area contributed by atoms with Crippen LogP contribution in [0.2, 0.25) is 10.0 Å². The van der Waals surface area contributed by atoms with Gasteiger partial charge in [-0.2, -0.15) is 0 Å². The molecule has 0 radical (unpaired) electrons. The first-order chi connectivity index (χ1) is 19.9. The monoisotopic (exact) mass is 600 g/mol. The number of nitrogens with one attached hydrogen (secondary N) is 3. The van der Waals surface area contributed by atoms with Crippen molar-refractivity contribution in [3.05, 3.63) is 56.8 Å². The summed E-state index contributed by atoms with van der Waals surface area (Å²) in [5.74, 6) is 0.582. The molecule has 1 saturated carbocycles. The second-order valence-corrected chi connectivity index (χ2v) is 13.3. The lowest BCUT2D eigenvalue weighted by Crippen LogP contribution is -2.49. The molecule has 3 N–H and O–H groups in total. The highest BCUT2D eigenvalue weighted by Gasteiger charge is 2.35. The third-order valence-corrected chi connectivity index (χ3v) is 10.4. The molecule has 0 atom stereocenters. The Kier molecular flexibility index (Phi) is 10.7. The van der Waals surface area contributed by atoms with E-state index in [1.165, 1.54) is 69.0 Å². The lowest BCUT2D eigenvalue weighted by Gasteiger charge is -2.39. The number of hydrogen-bond donors (Lipinski definition) is 3. The molecule has 224 valence electrons. The van der Waals surface area contributed by atoms with Gasteiger partial charge >= 0.3 is 0 Å². The number of carbonyl (C=O) groups is 2. The minimum absolute atomic E-state index is 0.00546. The van der Waals surface area contributed by atoms with Crippen LogP contribution in [0.1, 0.15) is 122 Å². The number of aromatic nitrogens is 1. The minimum Gasteiger partial charge on any atom is -0.354 e. The molecule has 41 heavy (non-hydrogen) atoms. The van der Waals surface area contributed by atoms with Crippen molar-refractivity contribution < 1.29 is 9.59 Å². The largest absolute Gasteiger partial charge is 0.354 e. The fourth-order valence-corrected chi connectivity index (χ4v) is 7.45. The molecule has 6 nitrogen and oxygen atoms in total. The summed E-state index contributed by atoms with van der Waals surface area (Å²) in [6.07, 6.45) is 18.0. The zero-order valence-electron chi connectivity index (χ0n) is 24.3. The van der Waals surface area contributed by atoms with Crippen molar-refractivity contribution in [3.8, 4) is 0 Å². The minimum atomic E-state index is -0.0360. The maximum absolute atomic E-state index is 12.9. The van der Waals surface area contributed by atoms with Gasteiger partial charge in [-0.05, 0) is 61.8 Å². The summed E-state index contributed by atoms with van der Waals surface area (Å²) >= 11 is 12.4. The SMILES string of the molecule is O=C(NCCCCC1CCN(C(=O)c2cccc(Cl)c2Cl)CC1)c1cc2c([nH]1)CC1(CCCCCCCCC1)NC2. The van der Waals surface area contributed by atoms with Gasteiger partial charge in [-0.25, -0.2) is 0 Å². The molecule has 1 saturated heterocycles. The van der Waals surface area contributed by atoms with E-state index in [0.717, 1.165) is 58.2 Å². The number of hydrogen-bond acceptors (Lipinski definition) is 3. The Morgan fingerprint density at radius 2 is 1.68 bits per heavy atom. The van der Waals surface area contributed by atoms with Crippen LogP contribution in [0, 0.1) is 5.92 Å². The maximum atomic E-state index is 12.9. The van der Waals surface area contributed by atoms with Crippen LogP contribution in [-0.4, -0.2) is 46.9 Å². The second-order valence-electron chi connectivity index (χ2n) is 12.6. The fourth-order valence-electron chi connectivity index (χ4n) is 7.07. The molecular formula is C33H46Cl2N4O2. The molecule has 2 amide bonds. The first-order valence-corrected chi connectivity index (χ1v) is 16.7. The van der Waals surface area contributed by atoms with E-state index < -0.39 is 0 Å². The predicted octanol–water partition coefficient (Wildman–Crippen LogP) is 7.68. The molecule has 1 aliphatic carbocycles.